The molecule has 140 valence electrons. The summed E-state index contributed by atoms with van der Waals surface area (Å²) in [6.07, 6.45) is 7.27. The van der Waals surface area contributed by atoms with E-state index in [1.165, 1.54) is 0 Å². The van der Waals surface area contributed by atoms with E-state index < -0.39 is 11.9 Å². The molecule has 1 atom stereocenters. The Bertz CT molecular complexity index is 415. The van der Waals surface area contributed by atoms with Crippen molar-refractivity contribution in [3.05, 3.63) is 0 Å². The summed E-state index contributed by atoms with van der Waals surface area (Å²) >= 11 is 0. The van der Waals surface area contributed by atoms with Gasteiger partial charge >= 0.3 is 11.9 Å². The minimum Gasteiger partial charge on any atom is -0.481 e. The first-order valence-corrected chi connectivity index (χ1v) is 9.26. The van der Waals surface area contributed by atoms with Crippen molar-refractivity contribution < 1.29 is 19.8 Å². The number of hydrogen-bond acceptors (Lipinski definition) is 3. The minimum absolute atomic E-state index is 0.0308. The number of unbranched alkanes of at least 4 members (excludes halogenated alkanes) is 4. The van der Waals surface area contributed by atoms with Gasteiger partial charge in [0.25, 0.3) is 0 Å². The molecule has 1 heterocycles. The summed E-state index contributed by atoms with van der Waals surface area (Å²) in [6.45, 7) is 8.62. The van der Waals surface area contributed by atoms with Gasteiger partial charge in [0.2, 0.25) is 0 Å². The van der Waals surface area contributed by atoms with E-state index in [4.69, 9.17) is 5.11 Å². The van der Waals surface area contributed by atoms with Gasteiger partial charge in [-0.25, -0.2) is 0 Å². The zero-order chi connectivity index (χ0) is 18.4. The van der Waals surface area contributed by atoms with E-state index in [0.717, 1.165) is 44.9 Å². The highest BCUT2D eigenvalue weighted by molar-refractivity contribution is 5.70. The molecule has 1 saturated heterocycles. The van der Waals surface area contributed by atoms with Crippen LogP contribution in [0, 0.1) is 11.8 Å². The van der Waals surface area contributed by atoms with Crippen molar-refractivity contribution in [2.24, 2.45) is 11.8 Å². The molecule has 5 heteroatoms. The lowest BCUT2D eigenvalue weighted by atomic mass is 9.69. The topological polar surface area (TPSA) is 86.6 Å². The van der Waals surface area contributed by atoms with E-state index in [1.807, 2.05) is 0 Å². The van der Waals surface area contributed by atoms with E-state index in [-0.39, 0.29) is 29.3 Å². The van der Waals surface area contributed by atoms with Gasteiger partial charge in [0.1, 0.15) is 0 Å². The summed E-state index contributed by atoms with van der Waals surface area (Å²) in [6, 6.07) is 0. The minimum atomic E-state index is -0.739. The standard InChI is InChI=1S/C19H35NO4/c1-18(2)12-14(13-19(3,4)20-18)15(17(23)24)10-8-6-5-7-9-11-16(21)22/h14-15,20H,5-13H2,1-4H3,(H,21,22)(H,23,24)/t15-/m0/s1. The second-order valence-electron chi connectivity index (χ2n) is 8.71. The van der Waals surface area contributed by atoms with Crippen LogP contribution in [0.3, 0.4) is 0 Å². The molecule has 5 nitrogen and oxygen atoms in total. The molecule has 0 aromatic rings. The molecule has 0 radical (unpaired) electrons. The number of rotatable bonds is 10. The molecule has 1 aliphatic heterocycles. The summed E-state index contributed by atoms with van der Waals surface area (Å²) in [7, 11) is 0. The molecule has 0 spiro atoms. The predicted octanol–water partition coefficient (Wildman–Crippen LogP) is 4.06. The Morgan fingerprint density at radius 2 is 1.46 bits per heavy atom. The smallest absolute Gasteiger partial charge is 0.306 e. The first-order valence-electron chi connectivity index (χ1n) is 9.26. The van der Waals surface area contributed by atoms with Crippen molar-refractivity contribution in [1.82, 2.24) is 5.32 Å². The first kappa shape index (κ1) is 20.9. The van der Waals surface area contributed by atoms with E-state index in [0.29, 0.717) is 6.42 Å². The van der Waals surface area contributed by atoms with Crippen LogP contribution in [-0.2, 0) is 9.59 Å². The summed E-state index contributed by atoms with van der Waals surface area (Å²) in [5.41, 5.74) is -0.0616. The van der Waals surface area contributed by atoms with Gasteiger partial charge in [-0.05, 0) is 59.3 Å². The van der Waals surface area contributed by atoms with Gasteiger partial charge in [-0.3, -0.25) is 9.59 Å². The second kappa shape index (κ2) is 8.84. The fourth-order valence-corrected chi connectivity index (χ4v) is 4.42. The normalized spacial score (nSPS) is 21.3. The Kier molecular flexibility index (Phi) is 7.71. The van der Waals surface area contributed by atoms with Crippen LogP contribution in [0.2, 0.25) is 0 Å². The predicted molar refractivity (Wildman–Crippen MR) is 95.1 cm³/mol. The van der Waals surface area contributed by atoms with Crippen molar-refractivity contribution in [2.45, 2.75) is 96.6 Å². The molecule has 0 bridgehead atoms. The third-order valence-corrected chi connectivity index (χ3v) is 5.01. The summed E-state index contributed by atoms with van der Waals surface area (Å²) < 4.78 is 0. The SMILES string of the molecule is CC1(C)CC([C@H](CCCCCCCC(=O)O)C(=O)O)CC(C)(C)N1. The fourth-order valence-electron chi connectivity index (χ4n) is 4.42. The molecule has 0 aromatic carbocycles. The third kappa shape index (κ3) is 7.65. The van der Waals surface area contributed by atoms with Gasteiger partial charge in [0.05, 0.1) is 5.92 Å². The van der Waals surface area contributed by atoms with Crippen molar-refractivity contribution in [2.75, 3.05) is 0 Å². The highest BCUT2D eigenvalue weighted by Gasteiger charge is 2.42. The maximum atomic E-state index is 11.8. The summed E-state index contributed by atoms with van der Waals surface area (Å²) in [4.78, 5) is 22.2. The van der Waals surface area contributed by atoms with E-state index in [2.05, 4.69) is 33.0 Å². The highest BCUT2D eigenvalue weighted by Crippen LogP contribution is 2.38. The van der Waals surface area contributed by atoms with Crippen LogP contribution < -0.4 is 5.32 Å². The Labute approximate surface area is 146 Å². The van der Waals surface area contributed by atoms with E-state index in [1.54, 1.807) is 0 Å². The average molecular weight is 341 g/mol. The summed E-state index contributed by atoms with van der Waals surface area (Å²) in [5.74, 6) is -1.47. The van der Waals surface area contributed by atoms with Crippen LogP contribution in [0.15, 0.2) is 0 Å². The zero-order valence-corrected chi connectivity index (χ0v) is 15.7. The lowest BCUT2D eigenvalue weighted by Gasteiger charge is -2.48. The molecule has 0 aromatic heterocycles. The van der Waals surface area contributed by atoms with Crippen LogP contribution in [0.25, 0.3) is 0 Å². The van der Waals surface area contributed by atoms with Gasteiger partial charge in [-0.15, -0.1) is 0 Å². The molecule has 1 rings (SSSR count). The Morgan fingerprint density at radius 1 is 0.958 bits per heavy atom. The quantitative estimate of drug-likeness (QED) is 0.522. The lowest BCUT2D eigenvalue weighted by molar-refractivity contribution is -0.145. The molecule has 1 fully saturated rings. The zero-order valence-electron chi connectivity index (χ0n) is 15.7. The Balaban J connectivity index is 2.44. The maximum Gasteiger partial charge on any atom is 0.306 e. The Morgan fingerprint density at radius 3 is 1.96 bits per heavy atom. The van der Waals surface area contributed by atoms with Crippen LogP contribution in [0.4, 0.5) is 0 Å². The van der Waals surface area contributed by atoms with E-state index in [9.17, 15) is 14.7 Å². The maximum absolute atomic E-state index is 11.8. The third-order valence-electron chi connectivity index (χ3n) is 5.01. The summed E-state index contributed by atoms with van der Waals surface area (Å²) in [5, 5.41) is 21.9. The molecule has 0 saturated carbocycles. The number of aliphatic carboxylic acids is 2. The van der Waals surface area contributed by atoms with Crippen molar-refractivity contribution in [1.29, 1.82) is 0 Å². The lowest BCUT2D eigenvalue weighted by Crippen LogP contribution is -2.59. The molecule has 0 amide bonds. The number of nitrogens with one attached hydrogen (secondary N) is 1. The Hall–Kier alpha value is -1.10. The fraction of sp³-hybridized carbons (Fsp3) is 0.895. The van der Waals surface area contributed by atoms with Crippen LogP contribution in [-0.4, -0.2) is 33.2 Å². The first-order chi connectivity index (χ1) is 11.0. The molecular formula is C19H35NO4. The van der Waals surface area contributed by atoms with Crippen LogP contribution in [0.1, 0.15) is 85.5 Å². The average Bonchev–Trinajstić information content (AvgIpc) is 2.37. The van der Waals surface area contributed by atoms with Gasteiger partial charge in [0.15, 0.2) is 0 Å². The van der Waals surface area contributed by atoms with Crippen molar-refractivity contribution in [3.8, 4) is 0 Å². The largest absolute Gasteiger partial charge is 0.481 e. The van der Waals surface area contributed by atoms with Crippen LogP contribution >= 0.6 is 0 Å². The van der Waals surface area contributed by atoms with Crippen LogP contribution in [0.5, 0.6) is 0 Å². The molecule has 24 heavy (non-hydrogen) atoms. The van der Waals surface area contributed by atoms with Gasteiger partial charge in [0, 0.05) is 17.5 Å². The second-order valence-corrected chi connectivity index (χ2v) is 8.71. The van der Waals surface area contributed by atoms with Crippen molar-refractivity contribution >= 4 is 11.9 Å². The van der Waals surface area contributed by atoms with Gasteiger partial charge in [-0.2, -0.15) is 0 Å². The number of carbonyl (C=O) groups is 2. The van der Waals surface area contributed by atoms with Crippen molar-refractivity contribution in [3.63, 3.8) is 0 Å². The van der Waals surface area contributed by atoms with Gasteiger partial charge < -0.3 is 15.5 Å². The van der Waals surface area contributed by atoms with Gasteiger partial charge in [-0.1, -0.05) is 25.7 Å². The molecule has 3 N–H and O–H groups in total. The number of hydrogen-bond donors (Lipinski definition) is 3. The number of carboxylic acids is 2. The van der Waals surface area contributed by atoms with E-state index >= 15 is 0 Å². The molecule has 0 aliphatic carbocycles. The number of piperidine rings is 1. The monoisotopic (exact) mass is 341 g/mol. The molecule has 0 unspecified atom stereocenters. The molecule has 1 aliphatic rings. The number of carboxylic acid groups (broad SMARTS) is 2. The highest BCUT2D eigenvalue weighted by atomic mass is 16.4. The molecular weight excluding hydrogens is 306 g/mol.